The number of halogens is 1. The second-order valence-electron chi connectivity index (χ2n) is 4.56. The normalized spacial score (nSPS) is 31.1. The molecule has 4 heteroatoms. The number of benzene rings is 1. The number of piperidine rings is 1. The van der Waals surface area contributed by atoms with Crippen molar-refractivity contribution < 1.29 is 0 Å². The summed E-state index contributed by atoms with van der Waals surface area (Å²) in [5.74, 6) is 1.23. The van der Waals surface area contributed by atoms with Gasteiger partial charge in [-0.1, -0.05) is 17.7 Å². The molecule has 0 aromatic heterocycles. The molecule has 0 spiro atoms. The molecule has 16 heavy (non-hydrogen) atoms. The van der Waals surface area contributed by atoms with E-state index >= 15 is 0 Å². The van der Waals surface area contributed by atoms with Crippen LogP contribution in [-0.2, 0) is 0 Å². The van der Waals surface area contributed by atoms with E-state index in [0.717, 1.165) is 18.8 Å². The van der Waals surface area contributed by atoms with Crippen LogP contribution < -0.4 is 10.6 Å². The van der Waals surface area contributed by atoms with Crippen molar-refractivity contribution in [2.24, 2.45) is 17.6 Å². The van der Waals surface area contributed by atoms with Crippen molar-refractivity contribution in [3.8, 4) is 6.07 Å². The number of nitriles is 1. The maximum atomic E-state index is 9.10. The summed E-state index contributed by atoms with van der Waals surface area (Å²) in [7, 11) is 0. The summed E-state index contributed by atoms with van der Waals surface area (Å²) < 4.78 is 0. The molecule has 3 nitrogen and oxygen atoms in total. The Morgan fingerprint density at radius 3 is 2.69 bits per heavy atom. The Bertz CT molecular complexity index is 468. The third-order valence-electron chi connectivity index (χ3n) is 3.70. The summed E-state index contributed by atoms with van der Waals surface area (Å²) in [6.07, 6.45) is 0. The number of fused-ring (bicyclic) bond motifs is 1. The molecule has 82 valence electrons. The fourth-order valence-electron chi connectivity index (χ4n) is 2.66. The van der Waals surface area contributed by atoms with E-state index in [0.29, 0.717) is 28.5 Å². The van der Waals surface area contributed by atoms with Crippen LogP contribution in [0.2, 0.25) is 5.02 Å². The van der Waals surface area contributed by atoms with Crippen LogP contribution in [0.25, 0.3) is 0 Å². The van der Waals surface area contributed by atoms with E-state index in [1.54, 1.807) is 6.07 Å². The Hall–Kier alpha value is -1.24. The Labute approximate surface area is 99.4 Å². The first-order chi connectivity index (χ1) is 7.72. The molecular formula is C12H12ClN3. The van der Waals surface area contributed by atoms with Gasteiger partial charge in [0.2, 0.25) is 0 Å². The zero-order chi connectivity index (χ0) is 11.3. The molecule has 2 atom stereocenters. The Morgan fingerprint density at radius 2 is 2.06 bits per heavy atom. The number of nitrogens with zero attached hydrogens (tertiary/aromatic N) is 2. The number of rotatable bonds is 1. The maximum absolute atomic E-state index is 9.10. The zero-order valence-corrected chi connectivity index (χ0v) is 9.48. The number of anilines is 1. The van der Waals surface area contributed by atoms with E-state index in [1.807, 2.05) is 12.1 Å². The summed E-state index contributed by atoms with van der Waals surface area (Å²) in [5, 5.41) is 9.64. The lowest BCUT2D eigenvalue weighted by Crippen LogP contribution is -2.28. The average Bonchev–Trinajstić information content (AvgIpc) is 2.75. The molecule has 1 saturated heterocycles. The predicted molar refractivity (Wildman–Crippen MR) is 63.3 cm³/mol. The molecule has 2 fully saturated rings. The maximum Gasteiger partial charge on any atom is 0.103 e. The van der Waals surface area contributed by atoms with Crippen molar-refractivity contribution in [2.45, 2.75) is 6.04 Å². The lowest BCUT2D eigenvalue weighted by molar-refractivity contribution is 0.743. The third-order valence-corrected chi connectivity index (χ3v) is 4.02. The van der Waals surface area contributed by atoms with Crippen molar-refractivity contribution in [3.05, 3.63) is 28.8 Å². The van der Waals surface area contributed by atoms with Crippen LogP contribution >= 0.6 is 11.6 Å². The van der Waals surface area contributed by atoms with Gasteiger partial charge in [0.1, 0.15) is 6.07 Å². The molecule has 1 aliphatic heterocycles. The van der Waals surface area contributed by atoms with E-state index in [9.17, 15) is 0 Å². The zero-order valence-electron chi connectivity index (χ0n) is 8.73. The van der Waals surface area contributed by atoms with Crippen LogP contribution in [0.3, 0.4) is 0 Å². The van der Waals surface area contributed by atoms with E-state index in [2.05, 4.69) is 11.0 Å². The molecule has 2 N–H and O–H groups in total. The van der Waals surface area contributed by atoms with E-state index in [1.165, 1.54) is 0 Å². The Balaban J connectivity index is 1.91. The first-order valence-electron chi connectivity index (χ1n) is 5.41. The summed E-state index contributed by atoms with van der Waals surface area (Å²) in [6, 6.07) is 8.16. The molecule has 1 heterocycles. The van der Waals surface area contributed by atoms with Gasteiger partial charge in [-0.25, -0.2) is 0 Å². The molecule has 1 aliphatic carbocycles. The van der Waals surface area contributed by atoms with Crippen LogP contribution in [0.1, 0.15) is 5.56 Å². The molecule has 3 rings (SSSR count). The number of nitrogens with two attached hydrogens (primary N) is 1. The van der Waals surface area contributed by atoms with Crippen molar-refractivity contribution in [1.82, 2.24) is 0 Å². The quantitative estimate of drug-likeness (QED) is 0.802. The Kier molecular flexibility index (Phi) is 2.10. The Morgan fingerprint density at radius 1 is 1.38 bits per heavy atom. The van der Waals surface area contributed by atoms with Crippen molar-refractivity contribution >= 4 is 17.3 Å². The first kappa shape index (κ1) is 9.95. The van der Waals surface area contributed by atoms with Gasteiger partial charge in [-0.05, 0) is 24.0 Å². The highest BCUT2D eigenvalue weighted by molar-refractivity contribution is 6.32. The van der Waals surface area contributed by atoms with Gasteiger partial charge in [0.15, 0.2) is 0 Å². The summed E-state index contributed by atoms with van der Waals surface area (Å²) >= 11 is 6.01. The fourth-order valence-corrected chi connectivity index (χ4v) is 2.87. The van der Waals surface area contributed by atoms with Gasteiger partial charge in [-0.2, -0.15) is 5.26 Å². The first-order valence-corrected chi connectivity index (χ1v) is 5.79. The average molecular weight is 234 g/mol. The third kappa shape index (κ3) is 1.31. The van der Waals surface area contributed by atoms with Crippen molar-refractivity contribution in [1.29, 1.82) is 5.26 Å². The highest BCUT2D eigenvalue weighted by Gasteiger charge is 2.53. The molecule has 0 radical (unpaired) electrons. The van der Waals surface area contributed by atoms with Crippen molar-refractivity contribution in [2.75, 3.05) is 18.0 Å². The standard InChI is InChI=1S/C12H12ClN3/c13-10-2-1-3-11(7(10)4-14)16-5-8-9(6-16)12(8)15/h1-3,8-9,12H,5-6,15H2. The highest BCUT2D eigenvalue weighted by Crippen LogP contribution is 2.46. The highest BCUT2D eigenvalue weighted by atomic mass is 35.5. The van der Waals surface area contributed by atoms with Crippen LogP contribution in [-0.4, -0.2) is 19.1 Å². The van der Waals surface area contributed by atoms with Crippen LogP contribution in [0.5, 0.6) is 0 Å². The summed E-state index contributed by atoms with van der Waals surface area (Å²) in [5.41, 5.74) is 7.43. The van der Waals surface area contributed by atoms with Gasteiger partial charge >= 0.3 is 0 Å². The minimum absolute atomic E-state index is 0.376. The molecular weight excluding hydrogens is 222 g/mol. The molecule has 2 aliphatic rings. The minimum atomic E-state index is 0.376. The predicted octanol–water partition coefficient (Wildman–Crippen LogP) is 1.60. The second kappa shape index (κ2) is 3.38. The van der Waals surface area contributed by atoms with Gasteiger partial charge in [-0.15, -0.1) is 0 Å². The molecule has 0 bridgehead atoms. The van der Waals surface area contributed by atoms with Gasteiger partial charge in [0, 0.05) is 19.1 Å². The lowest BCUT2D eigenvalue weighted by Gasteiger charge is -2.22. The molecule has 0 amide bonds. The monoisotopic (exact) mass is 233 g/mol. The van der Waals surface area contributed by atoms with Gasteiger partial charge in [-0.3, -0.25) is 0 Å². The fraction of sp³-hybridized carbons (Fsp3) is 0.417. The van der Waals surface area contributed by atoms with Crippen LogP contribution in [0.4, 0.5) is 5.69 Å². The van der Waals surface area contributed by atoms with Crippen LogP contribution in [0.15, 0.2) is 18.2 Å². The number of hydrogen-bond donors (Lipinski definition) is 1. The molecule has 2 unspecified atom stereocenters. The number of hydrogen-bond acceptors (Lipinski definition) is 3. The summed E-state index contributed by atoms with van der Waals surface area (Å²) in [4.78, 5) is 2.23. The second-order valence-corrected chi connectivity index (χ2v) is 4.96. The van der Waals surface area contributed by atoms with E-state index < -0.39 is 0 Å². The minimum Gasteiger partial charge on any atom is -0.370 e. The van der Waals surface area contributed by atoms with Gasteiger partial charge < -0.3 is 10.6 Å². The van der Waals surface area contributed by atoms with E-state index in [-0.39, 0.29) is 0 Å². The van der Waals surface area contributed by atoms with Crippen LogP contribution in [0, 0.1) is 23.2 Å². The topological polar surface area (TPSA) is 53.0 Å². The van der Waals surface area contributed by atoms with Crippen molar-refractivity contribution in [3.63, 3.8) is 0 Å². The smallest absolute Gasteiger partial charge is 0.103 e. The van der Waals surface area contributed by atoms with E-state index in [4.69, 9.17) is 22.6 Å². The lowest BCUT2D eigenvalue weighted by atomic mass is 10.1. The van der Waals surface area contributed by atoms with Gasteiger partial charge in [0.25, 0.3) is 0 Å². The largest absolute Gasteiger partial charge is 0.370 e. The SMILES string of the molecule is N#Cc1c(Cl)cccc1N1CC2C(N)C2C1. The molecule has 1 aromatic carbocycles. The molecule has 1 aromatic rings. The van der Waals surface area contributed by atoms with Gasteiger partial charge in [0.05, 0.1) is 16.3 Å². The molecule has 1 saturated carbocycles. The summed E-state index contributed by atoms with van der Waals surface area (Å²) in [6.45, 7) is 1.92.